The molecule has 0 nitrogen and oxygen atoms in total. The van der Waals surface area contributed by atoms with Gasteiger partial charge < -0.3 is 0 Å². The first-order chi connectivity index (χ1) is 7.88. The molecule has 0 fully saturated rings. The third kappa shape index (κ3) is 4.07. The van der Waals surface area contributed by atoms with Gasteiger partial charge in [-0.15, -0.1) is 24.8 Å². The molecule has 0 unspecified atom stereocenters. The van der Waals surface area contributed by atoms with Crippen LogP contribution in [0.3, 0.4) is 0 Å². The van der Waals surface area contributed by atoms with Crippen LogP contribution in [0, 0.1) is 24.2 Å². The fourth-order valence-electron chi connectivity index (χ4n) is 1.40. The maximum atomic E-state index is 5.17. The number of terminal acetylenes is 1. The molecular formula is C16H16. The first-order valence-electron chi connectivity index (χ1n) is 5.48. The molecule has 0 aromatic heterocycles. The number of allylic oxidation sites excluding steroid dienone is 1. The molecule has 0 aliphatic heterocycles. The number of hydrogen-bond donors (Lipinski definition) is 0. The predicted molar refractivity (Wildman–Crippen MR) is 69.8 cm³/mol. The minimum absolute atomic E-state index is 0.132. The van der Waals surface area contributed by atoms with Crippen LogP contribution in [-0.4, -0.2) is 0 Å². The van der Waals surface area contributed by atoms with Crippen molar-refractivity contribution in [3.8, 4) is 24.2 Å². The molecule has 0 heteroatoms. The summed E-state index contributed by atoms with van der Waals surface area (Å²) in [5.74, 6) is 9.11. The van der Waals surface area contributed by atoms with E-state index in [4.69, 9.17) is 6.42 Å². The second-order valence-corrected chi connectivity index (χ2v) is 3.50. The van der Waals surface area contributed by atoms with Gasteiger partial charge in [0.2, 0.25) is 0 Å². The highest BCUT2D eigenvalue weighted by Crippen LogP contribution is 2.15. The van der Waals surface area contributed by atoms with Gasteiger partial charge >= 0.3 is 0 Å². The van der Waals surface area contributed by atoms with Gasteiger partial charge in [-0.3, -0.25) is 0 Å². The Kier molecular flexibility index (Phi) is 5.61. The van der Waals surface area contributed by atoms with E-state index in [0.717, 1.165) is 19.3 Å². The van der Waals surface area contributed by atoms with Crippen LogP contribution in [0.5, 0.6) is 0 Å². The number of rotatable bonds is 4. The fraction of sp³-hybridized carbons (Fsp3) is 0.250. The van der Waals surface area contributed by atoms with Crippen molar-refractivity contribution in [2.45, 2.75) is 25.2 Å². The molecule has 0 aliphatic carbocycles. The van der Waals surface area contributed by atoms with Crippen LogP contribution in [0.1, 0.15) is 30.7 Å². The second-order valence-electron chi connectivity index (χ2n) is 3.50. The zero-order valence-corrected chi connectivity index (χ0v) is 9.45. The Morgan fingerprint density at radius 3 is 2.62 bits per heavy atom. The Labute approximate surface area is 98.4 Å². The van der Waals surface area contributed by atoms with E-state index in [1.54, 1.807) is 0 Å². The van der Waals surface area contributed by atoms with Gasteiger partial charge in [-0.25, -0.2) is 0 Å². The summed E-state index contributed by atoms with van der Waals surface area (Å²) in [7, 11) is 0. The van der Waals surface area contributed by atoms with E-state index < -0.39 is 0 Å². The Morgan fingerprint density at radius 2 is 2.00 bits per heavy atom. The van der Waals surface area contributed by atoms with Gasteiger partial charge in [0.05, 0.1) is 5.92 Å². The molecule has 1 aromatic rings. The molecule has 16 heavy (non-hydrogen) atoms. The summed E-state index contributed by atoms with van der Waals surface area (Å²) < 4.78 is 0. The van der Waals surface area contributed by atoms with Gasteiger partial charge in [0.15, 0.2) is 0 Å². The van der Waals surface area contributed by atoms with Crippen molar-refractivity contribution in [3.63, 3.8) is 0 Å². The molecule has 1 rings (SSSR count). The highest BCUT2D eigenvalue weighted by Gasteiger charge is 2.00. The zero-order chi connectivity index (χ0) is 11.6. The Balaban J connectivity index is 2.56. The fourth-order valence-corrected chi connectivity index (χ4v) is 1.40. The van der Waals surface area contributed by atoms with Crippen LogP contribution in [0.15, 0.2) is 43.0 Å². The van der Waals surface area contributed by atoms with Crippen LogP contribution < -0.4 is 0 Å². The van der Waals surface area contributed by atoms with Gasteiger partial charge in [-0.05, 0) is 12.0 Å². The third-order valence-corrected chi connectivity index (χ3v) is 2.27. The van der Waals surface area contributed by atoms with E-state index in [9.17, 15) is 0 Å². The van der Waals surface area contributed by atoms with Crippen molar-refractivity contribution in [1.82, 2.24) is 0 Å². The van der Waals surface area contributed by atoms with Gasteiger partial charge in [0, 0.05) is 12.8 Å². The first kappa shape index (κ1) is 12.2. The molecule has 0 amide bonds. The summed E-state index contributed by atoms with van der Waals surface area (Å²) in [6.45, 7) is 3.82. The standard InChI is InChI=1S/C16H16/c1-3-5-6-7-9-12-15(4-2)16-13-10-8-11-14-16/h1,4,8,10-11,13-15H,2,5-7H2/t15-/m1/s1. The highest BCUT2D eigenvalue weighted by atomic mass is 14.0. The Morgan fingerprint density at radius 1 is 1.25 bits per heavy atom. The SMILES string of the molecule is C#CCCCC#C[C@@H](C=C)c1ccccc1. The van der Waals surface area contributed by atoms with Gasteiger partial charge in [-0.2, -0.15) is 0 Å². The van der Waals surface area contributed by atoms with E-state index in [0.29, 0.717) is 0 Å². The average Bonchev–Trinajstić information content (AvgIpc) is 2.35. The van der Waals surface area contributed by atoms with Gasteiger partial charge in [0.1, 0.15) is 0 Å². The summed E-state index contributed by atoms with van der Waals surface area (Å²) >= 11 is 0. The molecule has 0 aliphatic rings. The lowest BCUT2D eigenvalue weighted by atomic mass is 10.00. The van der Waals surface area contributed by atoms with Crippen molar-refractivity contribution < 1.29 is 0 Å². The van der Waals surface area contributed by atoms with E-state index in [1.165, 1.54) is 5.56 Å². The van der Waals surface area contributed by atoms with E-state index in [-0.39, 0.29) is 5.92 Å². The van der Waals surface area contributed by atoms with Crippen molar-refractivity contribution >= 4 is 0 Å². The highest BCUT2D eigenvalue weighted by molar-refractivity contribution is 5.32. The molecule has 0 bridgehead atoms. The molecule has 0 saturated heterocycles. The minimum Gasteiger partial charge on any atom is -0.120 e. The maximum Gasteiger partial charge on any atom is 0.0630 e. The van der Waals surface area contributed by atoms with E-state index >= 15 is 0 Å². The molecule has 0 N–H and O–H groups in total. The van der Waals surface area contributed by atoms with Crippen molar-refractivity contribution in [2.24, 2.45) is 0 Å². The van der Waals surface area contributed by atoms with E-state index in [2.05, 4.69) is 36.5 Å². The minimum atomic E-state index is 0.132. The second kappa shape index (κ2) is 7.38. The lowest BCUT2D eigenvalue weighted by molar-refractivity contribution is 0.902. The zero-order valence-electron chi connectivity index (χ0n) is 9.45. The van der Waals surface area contributed by atoms with Gasteiger partial charge in [0.25, 0.3) is 0 Å². The van der Waals surface area contributed by atoms with Crippen LogP contribution in [-0.2, 0) is 0 Å². The van der Waals surface area contributed by atoms with Crippen molar-refractivity contribution in [1.29, 1.82) is 0 Å². The smallest absolute Gasteiger partial charge is 0.0630 e. The quantitative estimate of drug-likeness (QED) is 0.401. The van der Waals surface area contributed by atoms with Crippen molar-refractivity contribution in [3.05, 3.63) is 48.6 Å². The normalized spacial score (nSPS) is 10.7. The topological polar surface area (TPSA) is 0 Å². The lowest BCUT2D eigenvalue weighted by Crippen LogP contribution is -1.90. The van der Waals surface area contributed by atoms with E-state index in [1.807, 2.05) is 24.3 Å². The molecule has 0 spiro atoms. The van der Waals surface area contributed by atoms with Crippen molar-refractivity contribution in [2.75, 3.05) is 0 Å². The monoisotopic (exact) mass is 208 g/mol. The lowest BCUT2D eigenvalue weighted by Gasteiger charge is -2.04. The molecule has 0 radical (unpaired) electrons. The molecule has 80 valence electrons. The summed E-state index contributed by atoms with van der Waals surface area (Å²) in [5, 5.41) is 0. The Hall–Kier alpha value is -1.92. The summed E-state index contributed by atoms with van der Waals surface area (Å²) in [4.78, 5) is 0. The number of unbranched alkanes of at least 4 members (excludes halogenated alkanes) is 2. The van der Waals surface area contributed by atoms with Crippen LogP contribution >= 0.6 is 0 Å². The summed E-state index contributed by atoms with van der Waals surface area (Å²) in [5.41, 5.74) is 1.20. The summed E-state index contributed by atoms with van der Waals surface area (Å²) in [6, 6.07) is 10.2. The van der Waals surface area contributed by atoms with Crippen LogP contribution in [0.2, 0.25) is 0 Å². The van der Waals surface area contributed by atoms with Crippen LogP contribution in [0.25, 0.3) is 0 Å². The molecule has 1 atom stereocenters. The van der Waals surface area contributed by atoms with Crippen LogP contribution in [0.4, 0.5) is 0 Å². The number of benzene rings is 1. The molecule has 0 heterocycles. The predicted octanol–water partition coefficient (Wildman–Crippen LogP) is 3.76. The molecule has 0 saturated carbocycles. The Bertz CT molecular complexity index is 409. The largest absolute Gasteiger partial charge is 0.120 e. The number of hydrogen-bond acceptors (Lipinski definition) is 0. The average molecular weight is 208 g/mol. The maximum absolute atomic E-state index is 5.17. The summed E-state index contributed by atoms with van der Waals surface area (Å²) in [6.07, 6.45) is 9.69. The molecule has 1 aromatic carbocycles. The van der Waals surface area contributed by atoms with Gasteiger partial charge in [-0.1, -0.05) is 42.3 Å². The molecular weight excluding hydrogens is 192 g/mol. The third-order valence-electron chi connectivity index (χ3n) is 2.27. The first-order valence-corrected chi connectivity index (χ1v) is 5.48.